The summed E-state index contributed by atoms with van der Waals surface area (Å²) in [5, 5.41) is 6.39. The van der Waals surface area contributed by atoms with Gasteiger partial charge in [0.2, 0.25) is 0 Å². The van der Waals surface area contributed by atoms with Crippen molar-refractivity contribution in [2.75, 3.05) is 26.7 Å². The number of hydrogen-bond donors (Lipinski definition) is 2. The van der Waals surface area contributed by atoms with Crippen LogP contribution in [0, 0.1) is 5.92 Å². The summed E-state index contributed by atoms with van der Waals surface area (Å²) in [6.45, 7) is 12.4. The van der Waals surface area contributed by atoms with Gasteiger partial charge >= 0.3 is 0 Å². The van der Waals surface area contributed by atoms with Crippen LogP contribution in [0.2, 0.25) is 0 Å². The molecule has 0 saturated carbocycles. The standard InChI is InChI=1S/C13H27N3O/c1-6-9-15-13(14-5)16-10-8-12(11(3)4)17-7-2/h6,11-12H,1,7-10H2,2-5H3,(H2,14,15,16). The number of rotatable bonds is 8. The minimum absolute atomic E-state index is 0.310. The van der Waals surface area contributed by atoms with Crippen molar-refractivity contribution in [3.05, 3.63) is 12.7 Å². The van der Waals surface area contributed by atoms with E-state index in [0.29, 0.717) is 12.0 Å². The van der Waals surface area contributed by atoms with Crippen LogP contribution in [0.4, 0.5) is 0 Å². The Kier molecular flexibility index (Phi) is 9.53. The highest BCUT2D eigenvalue weighted by Gasteiger charge is 2.12. The van der Waals surface area contributed by atoms with Gasteiger partial charge in [-0.15, -0.1) is 6.58 Å². The van der Waals surface area contributed by atoms with Crippen LogP contribution in [0.25, 0.3) is 0 Å². The Balaban J connectivity index is 3.88. The van der Waals surface area contributed by atoms with Gasteiger partial charge in [0.1, 0.15) is 0 Å². The first-order valence-corrected chi connectivity index (χ1v) is 6.32. The summed E-state index contributed by atoms with van der Waals surface area (Å²) in [6.07, 6.45) is 3.11. The van der Waals surface area contributed by atoms with Gasteiger partial charge in [-0.1, -0.05) is 19.9 Å². The first-order chi connectivity index (χ1) is 8.15. The van der Waals surface area contributed by atoms with Crippen LogP contribution < -0.4 is 10.6 Å². The van der Waals surface area contributed by atoms with Crippen LogP contribution in [0.3, 0.4) is 0 Å². The molecule has 17 heavy (non-hydrogen) atoms. The molecule has 0 radical (unpaired) electrons. The Hall–Kier alpha value is -1.03. The Morgan fingerprint density at radius 1 is 1.41 bits per heavy atom. The minimum Gasteiger partial charge on any atom is -0.378 e. The molecule has 0 rings (SSSR count). The van der Waals surface area contributed by atoms with Crippen molar-refractivity contribution in [3.63, 3.8) is 0 Å². The van der Waals surface area contributed by atoms with E-state index < -0.39 is 0 Å². The monoisotopic (exact) mass is 241 g/mol. The lowest BCUT2D eigenvalue weighted by Gasteiger charge is -2.21. The zero-order chi connectivity index (χ0) is 13.1. The highest BCUT2D eigenvalue weighted by Crippen LogP contribution is 2.09. The van der Waals surface area contributed by atoms with Gasteiger partial charge in [0.25, 0.3) is 0 Å². The maximum absolute atomic E-state index is 5.68. The smallest absolute Gasteiger partial charge is 0.191 e. The van der Waals surface area contributed by atoms with Crippen molar-refractivity contribution in [2.24, 2.45) is 10.9 Å². The lowest BCUT2D eigenvalue weighted by atomic mass is 10.0. The number of nitrogens with one attached hydrogen (secondary N) is 2. The van der Waals surface area contributed by atoms with E-state index >= 15 is 0 Å². The molecule has 0 aromatic rings. The molecular weight excluding hydrogens is 214 g/mol. The van der Waals surface area contributed by atoms with Gasteiger partial charge in [-0.2, -0.15) is 0 Å². The van der Waals surface area contributed by atoms with Crippen LogP contribution in [0.15, 0.2) is 17.6 Å². The average Bonchev–Trinajstić information content (AvgIpc) is 2.31. The highest BCUT2D eigenvalue weighted by atomic mass is 16.5. The molecule has 0 bridgehead atoms. The van der Waals surface area contributed by atoms with E-state index in [4.69, 9.17) is 4.74 Å². The van der Waals surface area contributed by atoms with Crippen LogP contribution >= 0.6 is 0 Å². The Bertz CT molecular complexity index is 227. The predicted octanol–water partition coefficient (Wildman–Crippen LogP) is 1.79. The second kappa shape index (κ2) is 10.1. The molecule has 2 N–H and O–H groups in total. The quantitative estimate of drug-likeness (QED) is 0.387. The van der Waals surface area contributed by atoms with Gasteiger partial charge in [0.05, 0.1) is 6.10 Å². The van der Waals surface area contributed by atoms with Crippen molar-refractivity contribution in [1.29, 1.82) is 0 Å². The summed E-state index contributed by atoms with van der Waals surface area (Å²) >= 11 is 0. The van der Waals surface area contributed by atoms with Crippen molar-refractivity contribution in [1.82, 2.24) is 10.6 Å². The van der Waals surface area contributed by atoms with Crippen LogP contribution in [0.1, 0.15) is 27.2 Å². The lowest BCUT2D eigenvalue weighted by Crippen LogP contribution is -2.39. The predicted molar refractivity (Wildman–Crippen MR) is 74.4 cm³/mol. The van der Waals surface area contributed by atoms with Crippen molar-refractivity contribution in [3.8, 4) is 0 Å². The maximum atomic E-state index is 5.68. The molecule has 0 saturated heterocycles. The van der Waals surface area contributed by atoms with Gasteiger partial charge in [-0.05, 0) is 19.3 Å². The van der Waals surface area contributed by atoms with Crippen molar-refractivity contribution >= 4 is 5.96 Å². The van der Waals surface area contributed by atoms with Gasteiger partial charge in [0.15, 0.2) is 5.96 Å². The zero-order valence-electron chi connectivity index (χ0n) is 11.6. The van der Waals surface area contributed by atoms with Gasteiger partial charge < -0.3 is 15.4 Å². The normalized spacial score (nSPS) is 13.6. The Labute approximate surface area is 106 Å². The molecule has 4 nitrogen and oxygen atoms in total. The third-order valence-electron chi connectivity index (χ3n) is 2.48. The minimum atomic E-state index is 0.310. The van der Waals surface area contributed by atoms with Crippen LogP contribution in [-0.2, 0) is 4.74 Å². The summed E-state index contributed by atoms with van der Waals surface area (Å²) in [7, 11) is 1.76. The topological polar surface area (TPSA) is 45.7 Å². The number of ether oxygens (including phenoxy) is 1. The molecule has 0 aliphatic heterocycles. The first kappa shape index (κ1) is 16.0. The fraction of sp³-hybridized carbons (Fsp3) is 0.769. The zero-order valence-corrected chi connectivity index (χ0v) is 11.6. The Morgan fingerprint density at radius 2 is 2.12 bits per heavy atom. The SMILES string of the molecule is C=CCNC(=NC)NCCC(OCC)C(C)C. The largest absolute Gasteiger partial charge is 0.378 e. The van der Waals surface area contributed by atoms with Crippen LogP contribution in [-0.4, -0.2) is 38.8 Å². The van der Waals surface area contributed by atoms with E-state index in [1.165, 1.54) is 0 Å². The number of nitrogens with zero attached hydrogens (tertiary/aromatic N) is 1. The molecular formula is C13H27N3O. The molecule has 1 atom stereocenters. The third kappa shape index (κ3) is 7.80. The molecule has 0 aliphatic carbocycles. The molecule has 1 unspecified atom stereocenters. The molecule has 0 amide bonds. The molecule has 0 heterocycles. The molecule has 100 valence electrons. The maximum Gasteiger partial charge on any atom is 0.191 e. The fourth-order valence-electron chi connectivity index (χ4n) is 1.55. The average molecular weight is 241 g/mol. The van der Waals surface area contributed by atoms with Crippen molar-refractivity contribution in [2.45, 2.75) is 33.3 Å². The van der Waals surface area contributed by atoms with E-state index in [1.807, 2.05) is 13.0 Å². The lowest BCUT2D eigenvalue weighted by molar-refractivity contribution is 0.0258. The summed E-state index contributed by atoms with van der Waals surface area (Å²) in [5.74, 6) is 1.35. The van der Waals surface area contributed by atoms with Gasteiger partial charge in [0, 0.05) is 26.7 Å². The summed E-state index contributed by atoms with van der Waals surface area (Å²) in [6, 6.07) is 0. The number of hydrogen-bond acceptors (Lipinski definition) is 2. The summed E-state index contributed by atoms with van der Waals surface area (Å²) in [5.41, 5.74) is 0. The molecule has 0 fully saturated rings. The second-order valence-electron chi connectivity index (χ2n) is 4.20. The van der Waals surface area contributed by atoms with E-state index in [0.717, 1.165) is 32.1 Å². The van der Waals surface area contributed by atoms with E-state index in [9.17, 15) is 0 Å². The van der Waals surface area contributed by atoms with Gasteiger partial charge in [-0.3, -0.25) is 4.99 Å². The highest BCUT2D eigenvalue weighted by molar-refractivity contribution is 5.79. The summed E-state index contributed by atoms with van der Waals surface area (Å²) < 4.78 is 5.68. The third-order valence-corrected chi connectivity index (χ3v) is 2.48. The Morgan fingerprint density at radius 3 is 2.59 bits per heavy atom. The molecule has 0 aromatic heterocycles. The molecule has 0 aromatic carbocycles. The second-order valence-corrected chi connectivity index (χ2v) is 4.20. The molecule has 0 aliphatic rings. The van der Waals surface area contributed by atoms with Crippen LogP contribution in [0.5, 0.6) is 0 Å². The number of guanidine groups is 1. The molecule has 0 spiro atoms. The van der Waals surface area contributed by atoms with E-state index in [2.05, 4.69) is 36.1 Å². The van der Waals surface area contributed by atoms with Crippen molar-refractivity contribution < 1.29 is 4.74 Å². The molecule has 4 heteroatoms. The summed E-state index contributed by atoms with van der Waals surface area (Å²) in [4.78, 5) is 4.12. The van der Waals surface area contributed by atoms with E-state index in [1.54, 1.807) is 7.05 Å². The fourth-order valence-corrected chi connectivity index (χ4v) is 1.55. The number of aliphatic imine (C=N–C) groups is 1. The first-order valence-electron chi connectivity index (χ1n) is 6.32. The van der Waals surface area contributed by atoms with Gasteiger partial charge in [-0.25, -0.2) is 0 Å². The van der Waals surface area contributed by atoms with E-state index in [-0.39, 0.29) is 0 Å².